The van der Waals surface area contributed by atoms with Gasteiger partial charge in [-0.3, -0.25) is 10.1 Å². The molecule has 1 heterocycles. The van der Waals surface area contributed by atoms with Gasteiger partial charge in [-0.05, 0) is 35.9 Å². The molecular formula is C19H15FN2O2S. The standard InChI is InChI=1S/C19H15FN2O2S/c1-24-17-8-3-2-7-15(17)16-12-25-19(21-16)22-18(23)10-9-13-5-4-6-14(20)11-13/h2-12H,1H3,(H,21,22,23)/b10-9+. The topological polar surface area (TPSA) is 51.2 Å². The Hall–Kier alpha value is -2.99. The van der Waals surface area contributed by atoms with Crippen LogP contribution in [0.25, 0.3) is 17.3 Å². The highest BCUT2D eigenvalue weighted by Gasteiger charge is 2.10. The summed E-state index contributed by atoms with van der Waals surface area (Å²) in [6.45, 7) is 0. The van der Waals surface area contributed by atoms with Gasteiger partial charge in [-0.1, -0.05) is 24.3 Å². The Balaban J connectivity index is 1.70. The third-order valence-electron chi connectivity index (χ3n) is 3.39. The molecule has 0 fully saturated rings. The fourth-order valence-corrected chi connectivity index (χ4v) is 2.95. The van der Waals surface area contributed by atoms with Crippen LogP contribution in [0.5, 0.6) is 5.75 Å². The normalized spacial score (nSPS) is 10.8. The second-order valence-electron chi connectivity index (χ2n) is 5.12. The van der Waals surface area contributed by atoms with Crippen LogP contribution in [0.4, 0.5) is 9.52 Å². The minimum atomic E-state index is -0.344. The number of carbonyl (C=O) groups is 1. The minimum absolute atomic E-state index is 0.329. The van der Waals surface area contributed by atoms with Gasteiger partial charge in [0, 0.05) is 17.0 Å². The number of nitrogens with one attached hydrogen (secondary N) is 1. The summed E-state index contributed by atoms with van der Waals surface area (Å²) in [6.07, 6.45) is 2.89. The smallest absolute Gasteiger partial charge is 0.250 e. The van der Waals surface area contributed by atoms with Crippen molar-refractivity contribution in [1.82, 2.24) is 4.98 Å². The van der Waals surface area contributed by atoms with Gasteiger partial charge < -0.3 is 4.74 Å². The van der Waals surface area contributed by atoms with E-state index in [-0.39, 0.29) is 11.7 Å². The third-order valence-corrected chi connectivity index (χ3v) is 4.15. The number of benzene rings is 2. The fraction of sp³-hybridized carbons (Fsp3) is 0.0526. The summed E-state index contributed by atoms with van der Waals surface area (Å²) < 4.78 is 18.4. The first-order valence-electron chi connectivity index (χ1n) is 7.49. The molecule has 1 aromatic heterocycles. The molecule has 2 aromatic carbocycles. The second-order valence-corrected chi connectivity index (χ2v) is 5.97. The molecule has 0 aliphatic rings. The highest BCUT2D eigenvalue weighted by molar-refractivity contribution is 7.14. The van der Waals surface area contributed by atoms with Crippen molar-refractivity contribution in [2.24, 2.45) is 0 Å². The van der Waals surface area contributed by atoms with Crippen LogP contribution in [0.3, 0.4) is 0 Å². The first kappa shape index (κ1) is 16.9. The van der Waals surface area contributed by atoms with Crippen LogP contribution in [-0.4, -0.2) is 18.0 Å². The van der Waals surface area contributed by atoms with E-state index in [0.29, 0.717) is 10.7 Å². The van der Waals surface area contributed by atoms with Crippen LogP contribution in [0.1, 0.15) is 5.56 Å². The lowest BCUT2D eigenvalue weighted by Gasteiger charge is -2.04. The van der Waals surface area contributed by atoms with Crippen LogP contribution >= 0.6 is 11.3 Å². The monoisotopic (exact) mass is 354 g/mol. The Bertz CT molecular complexity index is 921. The first-order chi connectivity index (χ1) is 12.2. The Morgan fingerprint density at radius 1 is 1.24 bits per heavy atom. The maximum atomic E-state index is 13.1. The molecule has 0 bridgehead atoms. The maximum Gasteiger partial charge on any atom is 0.250 e. The number of carbonyl (C=O) groups excluding carboxylic acids is 1. The van der Waals surface area contributed by atoms with E-state index in [1.165, 1.54) is 29.5 Å². The summed E-state index contributed by atoms with van der Waals surface area (Å²) in [5.41, 5.74) is 2.20. The van der Waals surface area contributed by atoms with E-state index in [2.05, 4.69) is 10.3 Å². The molecule has 126 valence electrons. The van der Waals surface area contributed by atoms with Crippen molar-refractivity contribution in [1.29, 1.82) is 0 Å². The zero-order chi connectivity index (χ0) is 17.6. The van der Waals surface area contributed by atoms with E-state index < -0.39 is 0 Å². The number of aromatic nitrogens is 1. The maximum absolute atomic E-state index is 13.1. The summed E-state index contributed by atoms with van der Waals surface area (Å²) in [7, 11) is 1.60. The average molecular weight is 354 g/mol. The van der Waals surface area contributed by atoms with Crippen molar-refractivity contribution >= 4 is 28.5 Å². The van der Waals surface area contributed by atoms with Gasteiger partial charge in [0.25, 0.3) is 0 Å². The highest BCUT2D eigenvalue weighted by atomic mass is 32.1. The average Bonchev–Trinajstić information content (AvgIpc) is 3.08. The number of para-hydroxylation sites is 1. The number of nitrogens with zero attached hydrogens (tertiary/aromatic N) is 1. The van der Waals surface area contributed by atoms with Gasteiger partial charge in [0.1, 0.15) is 11.6 Å². The predicted molar refractivity (Wildman–Crippen MR) is 98.2 cm³/mol. The van der Waals surface area contributed by atoms with Crippen molar-refractivity contribution in [3.63, 3.8) is 0 Å². The lowest BCUT2D eigenvalue weighted by atomic mass is 10.1. The molecule has 3 rings (SSSR count). The van der Waals surface area contributed by atoms with Crippen LogP contribution in [0.2, 0.25) is 0 Å². The molecule has 0 aliphatic carbocycles. The number of amides is 1. The molecule has 0 aliphatic heterocycles. The van der Waals surface area contributed by atoms with Gasteiger partial charge in [0.15, 0.2) is 5.13 Å². The highest BCUT2D eigenvalue weighted by Crippen LogP contribution is 2.31. The van der Waals surface area contributed by atoms with Crippen LogP contribution in [-0.2, 0) is 4.79 Å². The van der Waals surface area contributed by atoms with Crippen LogP contribution in [0.15, 0.2) is 60.0 Å². The molecule has 0 radical (unpaired) electrons. The van der Waals surface area contributed by atoms with Crippen LogP contribution in [0, 0.1) is 5.82 Å². The van der Waals surface area contributed by atoms with E-state index >= 15 is 0 Å². The van der Waals surface area contributed by atoms with Crippen LogP contribution < -0.4 is 10.1 Å². The SMILES string of the molecule is COc1ccccc1-c1csc(NC(=O)/C=C/c2cccc(F)c2)n1. The molecule has 6 heteroatoms. The number of hydrogen-bond acceptors (Lipinski definition) is 4. The summed E-state index contributed by atoms with van der Waals surface area (Å²) >= 11 is 1.32. The lowest BCUT2D eigenvalue weighted by Crippen LogP contribution is -2.07. The molecule has 0 unspecified atom stereocenters. The number of thiazole rings is 1. The molecule has 0 saturated heterocycles. The summed E-state index contributed by atoms with van der Waals surface area (Å²) in [5, 5.41) is 5.03. The number of halogens is 1. The fourth-order valence-electron chi connectivity index (χ4n) is 2.24. The molecule has 4 nitrogen and oxygen atoms in total. The van der Waals surface area contributed by atoms with Gasteiger partial charge in [-0.2, -0.15) is 0 Å². The third kappa shape index (κ3) is 4.30. The number of rotatable bonds is 5. The van der Waals surface area contributed by atoms with Crippen molar-refractivity contribution in [3.8, 4) is 17.0 Å². The van der Waals surface area contributed by atoms with Gasteiger partial charge in [0.2, 0.25) is 5.91 Å². The molecule has 3 aromatic rings. The van der Waals surface area contributed by atoms with Crippen molar-refractivity contribution in [2.75, 3.05) is 12.4 Å². The van der Waals surface area contributed by atoms with Gasteiger partial charge >= 0.3 is 0 Å². The van der Waals surface area contributed by atoms with Gasteiger partial charge in [-0.25, -0.2) is 9.37 Å². The van der Waals surface area contributed by atoms with E-state index in [4.69, 9.17) is 4.74 Å². The number of methoxy groups -OCH3 is 1. The van der Waals surface area contributed by atoms with Crippen molar-refractivity contribution < 1.29 is 13.9 Å². The summed E-state index contributed by atoms with van der Waals surface area (Å²) in [6, 6.07) is 13.6. The molecule has 0 atom stereocenters. The molecule has 0 saturated carbocycles. The van der Waals surface area contributed by atoms with Crippen molar-refractivity contribution in [2.45, 2.75) is 0 Å². The quantitative estimate of drug-likeness (QED) is 0.681. The minimum Gasteiger partial charge on any atom is -0.496 e. The zero-order valence-corrected chi connectivity index (χ0v) is 14.2. The number of hydrogen-bond donors (Lipinski definition) is 1. The number of anilines is 1. The first-order valence-corrected chi connectivity index (χ1v) is 8.37. The van der Waals surface area contributed by atoms with Gasteiger partial charge in [-0.15, -0.1) is 11.3 Å². The summed E-state index contributed by atoms with van der Waals surface area (Å²) in [4.78, 5) is 16.4. The Morgan fingerprint density at radius 2 is 2.08 bits per heavy atom. The molecular weight excluding hydrogens is 339 g/mol. The molecule has 1 N–H and O–H groups in total. The largest absolute Gasteiger partial charge is 0.496 e. The summed E-state index contributed by atoms with van der Waals surface area (Å²) in [5.74, 6) is 0.0470. The molecule has 1 amide bonds. The Morgan fingerprint density at radius 3 is 2.88 bits per heavy atom. The van der Waals surface area contributed by atoms with Crippen molar-refractivity contribution in [3.05, 3.63) is 71.4 Å². The molecule has 25 heavy (non-hydrogen) atoms. The lowest BCUT2D eigenvalue weighted by molar-refractivity contribution is -0.111. The van der Waals surface area contributed by atoms with E-state index in [1.807, 2.05) is 29.6 Å². The second kappa shape index (κ2) is 7.72. The Labute approximate surface area is 148 Å². The van der Waals surface area contributed by atoms with E-state index in [9.17, 15) is 9.18 Å². The van der Waals surface area contributed by atoms with E-state index in [0.717, 1.165) is 17.0 Å². The predicted octanol–water partition coefficient (Wildman–Crippen LogP) is 4.61. The van der Waals surface area contributed by atoms with E-state index in [1.54, 1.807) is 25.3 Å². The number of ether oxygens (including phenoxy) is 1. The van der Waals surface area contributed by atoms with Gasteiger partial charge in [0.05, 0.1) is 12.8 Å². The molecule has 0 spiro atoms. The zero-order valence-electron chi connectivity index (χ0n) is 13.4. The Kier molecular flexibility index (Phi) is 5.20.